The standard InChI is InChI=1S/C10H10ClFO4/c1-15-5-8(10(13)14)16-7-4-2-3-6(11)9(7)12/h2-4,8H,5H2,1H3,(H,13,14). The molecule has 0 saturated carbocycles. The first-order valence-electron chi connectivity index (χ1n) is 4.38. The Kier molecular flexibility index (Phi) is 4.52. The largest absolute Gasteiger partial charge is 0.478 e. The molecule has 16 heavy (non-hydrogen) atoms. The molecule has 0 amide bonds. The Morgan fingerprint density at radius 3 is 2.88 bits per heavy atom. The summed E-state index contributed by atoms with van der Waals surface area (Å²) >= 11 is 5.52. The number of carbonyl (C=O) groups is 1. The van der Waals surface area contributed by atoms with Gasteiger partial charge < -0.3 is 14.6 Å². The SMILES string of the molecule is COCC(Oc1cccc(Cl)c1F)C(=O)O. The number of carboxylic acid groups (broad SMARTS) is 1. The summed E-state index contributed by atoms with van der Waals surface area (Å²) in [6, 6.07) is 4.11. The molecule has 1 aromatic rings. The number of benzene rings is 1. The molecule has 4 nitrogen and oxygen atoms in total. The molecule has 0 radical (unpaired) electrons. The summed E-state index contributed by atoms with van der Waals surface area (Å²) in [4.78, 5) is 10.7. The maximum absolute atomic E-state index is 13.4. The molecule has 1 N–H and O–H groups in total. The quantitative estimate of drug-likeness (QED) is 0.865. The van der Waals surface area contributed by atoms with E-state index in [-0.39, 0.29) is 17.4 Å². The fourth-order valence-electron chi connectivity index (χ4n) is 1.04. The van der Waals surface area contributed by atoms with Crippen molar-refractivity contribution in [2.24, 2.45) is 0 Å². The molecule has 0 heterocycles. The highest BCUT2D eigenvalue weighted by Gasteiger charge is 2.21. The van der Waals surface area contributed by atoms with Crippen LogP contribution in [0.15, 0.2) is 18.2 Å². The van der Waals surface area contributed by atoms with E-state index >= 15 is 0 Å². The van der Waals surface area contributed by atoms with E-state index in [0.29, 0.717) is 0 Å². The van der Waals surface area contributed by atoms with Crippen molar-refractivity contribution in [2.45, 2.75) is 6.10 Å². The van der Waals surface area contributed by atoms with Gasteiger partial charge in [0.05, 0.1) is 11.6 Å². The summed E-state index contributed by atoms with van der Waals surface area (Å²) in [6.45, 7) is -0.179. The molecule has 0 fully saturated rings. The third-order valence-corrected chi connectivity index (χ3v) is 2.07. The van der Waals surface area contributed by atoms with Gasteiger partial charge in [-0.25, -0.2) is 9.18 Å². The molecule has 0 bridgehead atoms. The second-order valence-electron chi connectivity index (χ2n) is 2.95. The van der Waals surface area contributed by atoms with Gasteiger partial charge in [-0.15, -0.1) is 0 Å². The van der Waals surface area contributed by atoms with Crippen molar-refractivity contribution < 1.29 is 23.8 Å². The summed E-state index contributed by atoms with van der Waals surface area (Å²) in [5, 5.41) is 8.64. The summed E-state index contributed by atoms with van der Waals surface area (Å²) in [6.07, 6.45) is -1.27. The third-order valence-electron chi connectivity index (χ3n) is 1.78. The summed E-state index contributed by atoms with van der Waals surface area (Å²) in [7, 11) is 1.33. The Hall–Kier alpha value is -1.33. The van der Waals surface area contributed by atoms with Crippen molar-refractivity contribution in [3.8, 4) is 5.75 Å². The molecule has 0 aliphatic carbocycles. The van der Waals surface area contributed by atoms with E-state index in [2.05, 4.69) is 4.74 Å². The molecule has 6 heteroatoms. The summed E-state index contributed by atoms with van der Waals surface area (Å²) < 4.78 is 23.0. The second-order valence-corrected chi connectivity index (χ2v) is 3.36. The van der Waals surface area contributed by atoms with Crippen LogP contribution in [0, 0.1) is 5.82 Å². The van der Waals surface area contributed by atoms with Crippen LogP contribution >= 0.6 is 11.6 Å². The van der Waals surface area contributed by atoms with Gasteiger partial charge in [-0.2, -0.15) is 0 Å². The van der Waals surface area contributed by atoms with E-state index < -0.39 is 17.9 Å². The van der Waals surface area contributed by atoms with E-state index in [4.69, 9.17) is 21.4 Å². The Morgan fingerprint density at radius 2 is 2.31 bits per heavy atom. The molecule has 88 valence electrons. The van der Waals surface area contributed by atoms with E-state index in [1.807, 2.05) is 0 Å². The van der Waals surface area contributed by atoms with Crippen LogP contribution in [0.1, 0.15) is 0 Å². The topological polar surface area (TPSA) is 55.8 Å². The van der Waals surface area contributed by atoms with Crippen molar-refractivity contribution in [1.82, 2.24) is 0 Å². The van der Waals surface area contributed by atoms with Gasteiger partial charge in [0.15, 0.2) is 11.6 Å². The van der Waals surface area contributed by atoms with Crippen molar-refractivity contribution in [2.75, 3.05) is 13.7 Å². The summed E-state index contributed by atoms with van der Waals surface area (Å²) in [5.74, 6) is -2.23. The van der Waals surface area contributed by atoms with Crippen LogP contribution in [-0.4, -0.2) is 30.9 Å². The van der Waals surface area contributed by atoms with E-state index in [1.54, 1.807) is 0 Å². The van der Waals surface area contributed by atoms with Crippen molar-refractivity contribution in [3.05, 3.63) is 29.0 Å². The Bertz CT molecular complexity index is 383. The maximum atomic E-state index is 13.4. The molecule has 0 aromatic heterocycles. The normalized spacial score (nSPS) is 12.2. The maximum Gasteiger partial charge on any atom is 0.347 e. The van der Waals surface area contributed by atoms with E-state index in [1.165, 1.54) is 25.3 Å². The second kappa shape index (κ2) is 5.67. The number of hydrogen-bond donors (Lipinski definition) is 1. The monoisotopic (exact) mass is 248 g/mol. The molecule has 1 atom stereocenters. The van der Waals surface area contributed by atoms with Gasteiger partial charge in [0, 0.05) is 7.11 Å². The minimum absolute atomic E-state index is 0.126. The molecule has 1 aromatic carbocycles. The lowest BCUT2D eigenvalue weighted by atomic mass is 10.3. The molecule has 0 aliphatic rings. The number of carboxylic acids is 1. The zero-order valence-corrected chi connectivity index (χ0v) is 9.20. The lowest BCUT2D eigenvalue weighted by Crippen LogP contribution is -2.31. The molecule has 0 saturated heterocycles. The van der Waals surface area contributed by atoms with Gasteiger partial charge in [-0.05, 0) is 12.1 Å². The van der Waals surface area contributed by atoms with Gasteiger partial charge in [0.2, 0.25) is 6.10 Å². The highest BCUT2D eigenvalue weighted by molar-refractivity contribution is 6.30. The average Bonchev–Trinajstić information content (AvgIpc) is 2.23. The van der Waals surface area contributed by atoms with Crippen molar-refractivity contribution >= 4 is 17.6 Å². The minimum atomic E-state index is -1.27. The van der Waals surface area contributed by atoms with E-state index in [0.717, 1.165) is 0 Å². The first-order chi connectivity index (χ1) is 7.56. The number of aliphatic carboxylic acids is 1. The molecule has 1 unspecified atom stereocenters. The lowest BCUT2D eigenvalue weighted by Gasteiger charge is -2.14. The molecule has 1 rings (SSSR count). The minimum Gasteiger partial charge on any atom is -0.478 e. The predicted molar refractivity (Wildman–Crippen MR) is 55.3 cm³/mol. The van der Waals surface area contributed by atoms with Gasteiger partial charge in [0.25, 0.3) is 0 Å². The van der Waals surface area contributed by atoms with Gasteiger partial charge >= 0.3 is 5.97 Å². The smallest absolute Gasteiger partial charge is 0.347 e. The Balaban J connectivity index is 2.85. The average molecular weight is 249 g/mol. The fourth-order valence-corrected chi connectivity index (χ4v) is 1.20. The van der Waals surface area contributed by atoms with Crippen LogP contribution in [-0.2, 0) is 9.53 Å². The molecular weight excluding hydrogens is 239 g/mol. The van der Waals surface area contributed by atoms with Crippen LogP contribution in [0.25, 0.3) is 0 Å². The highest BCUT2D eigenvalue weighted by Crippen LogP contribution is 2.24. The van der Waals surface area contributed by atoms with Gasteiger partial charge in [-0.3, -0.25) is 0 Å². The van der Waals surface area contributed by atoms with Crippen molar-refractivity contribution in [3.63, 3.8) is 0 Å². The number of ether oxygens (including phenoxy) is 2. The van der Waals surface area contributed by atoms with Gasteiger partial charge in [-0.1, -0.05) is 17.7 Å². The zero-order valence-electron chi connectivity index (χ0n) is 8.44. The fraction of sp³-hybridized carbons (Fsp3) is 0.300. The van der Waals surface area contributed by atoms with E-state index in [9.17, 15) is 9.18 Å². The molecule has 0 spiro atoms. The zero-order chi connectivity index (χ0) is 12.1. The van der Waals surface area contributed by atoms with Crippen LogP contribution in [0.2, 0.25) is 5.02 Å². The van der Waals surface area contributed by atoms with Crippen LogP contribution < -0.4 is 4.74 Å². The molecule has 0 aliphatic heterocycles. The number of rotatable bonds is 5. The van der Waals surface area contributed by atoms with Crippen LogP contribution in [0.5, 0.6) is 5.75 Å². The Morgan fingerprint density at radius 1 is 1.62 bits per heavy atom. The number of methoxy groups -OCH3 is 1. The Labute approximate surface area is 96.5 Å². The summed E-state index contributed by atoms with van der Waals surface area (Å²) in [5.41, 5.74) is 0. The number of hydrogen-bond acceptors (Lipinski definition) is 3. The van der Waals surface area contributed by atoms with Crippen LogP contribution in [0.4, 0.5) is 4.39 Å². The van der Waals surface area contributed by atoms with Crippen molar-refractivity contribution in [1.29, 1.82) is 0 Å². The number of halogens is 2. The van der Waals surface area contributed by atoms with Crippen LogP contribution in [0.3, 0.4) is 0 Å². The first-order valence-corrected chi connectivity index (χ1v) is 4.76. The van der Waals surface area contributed by atoms with Gasteiger partial charge in [0.1, 0.15) is 0 Å². The highest BCUT2D eigenvalue weighted by atomic mass is 35.5. The lowest BCUT2D eigenvalue weighted by molar-refractivity contribution is -0.147. The third kappa shape index (κ3) is 3.08. The molecular formula is C10H10ClFO4. The first kappa shape index (κ1) is 12.7. The predicted octanol–water partition coefficient (Wildman–Crippen LogP) is 1.96.